The Hall–Kier alpha value is -1.97. The normalized spacial score (nSPS) is 10.4. The fourth-order valence-electron chi connectivity index (χ4n) is 1.68. The van der Waals surface area contributed by atoms with Crippen LogP contribution in [0.5, 0.6) is 0 Å². The lowest BCUT2D eigenvalue weighted by Gasteiger charge is -2.10. The standard InChI is InChI=1S/C14H14F2N2/c1-10-5-6-12(15)14(13(10)16)18-9-7-11-4-2-3-8-17-11/h2-6,8,18H,7,9H2,1H3. The number of halogens is 2. The van der Waals surface area contributed by atoms with Crippen molar-refractivity contribution in [2.75, 3.05) is 11.9 Å². The third-order valence-electron chi connectivity index (χ3n) is 2.69. The maximum atomic E-state index is 13.7. The highest BCUT2D eigenvalue weighted by Crippen LogP contribution is 2.21. The molecule has 0 aliphatic carbocycles. The predicted molar refractivity (Wildman–Crippen MR) is 67.5 cm³/mol. The molecule has 4 heteroatoms. The molecule has 18 heavy (non-hydrogen) atoms. The number of nitrogens with zero attached hydrogens (tertiary/aromatic N) is 1. The number of aromatic nitrogens is 1. The Labute approximate surface area is 105 Å². The summed E-state index contributed by atoms with van der Waals surface area (Å²) < 4.78 is 27.1. The number of anilines is 1. The van der Waals surface area contributed by atoms with Crippen molar-refractivity contribution in [3.05, 3.63) is 59.4 Å². The minimum Gasteiger partial charge on any atom is -0.380 e. The van der Waals surface area contributed by atoms with Crippen molar-refractivity contribution in [3.8, 4) is 0 Å². The van der Waals surface area contributed by atoms with Gasteiger partial charge in [-0.05, 0) is 30.7 Å². The molecule has 0 atom stereocenters. The first-order valence-corrected chi connectivity index (χ1v) is 5.77. The molecule has 2 rings (SSSR count). The number of hydrogen-bond acceptors (Lipinski definition) is 2. The third-order valence-corrected chi connectivity index (χ3v) is 2.69. The molecule has 0 fully saturated rings. The zero-order valence-electron chi connectivity index (χ0n) is 10.1. The Kier molecular flexibility index (Phi) is 3.87. The molecule has 0 saturated heterocycles. The van der Waals surface area contributed by atoms with E-state index >= 15 is 0 Å². The molecule has 1 aromatic carbocycles. The van der Waals surface area contributed by atoms with Crippen LogP contribution in [0.15, 0.2) is 36.5 Å². The molecule has 0 aliphatic heterocycles. The molecule has 1 N–H and O–H groups in total. The van der Waals surface area contributed by atoms with Gasteiger partial charge in [0.1, 0.15) is 11.5 Å². The molecule has 1 heterocycles. The van der Waals surface area contributed by atoms with Crippen molar-refractivity contribution in [1.82, 2.24) is 4.98 Å². The van der Waals surface area contributed by atoms with Crippen molar-refractivity contribution >= 4 is 5.69 Å². The highest BCUT2D eigenvalue weighted by atomic mass is 19.1. The molecular formula is C14H14F2N2. The summed E-state index contributed by atoms with van der Waals surface area (Å²) in [5, 5.41) is 2.78. The van der Waals surface area contributed by atoms with Crippen LogP contribution in [0.3, 0.4) is 0 Å². The Bertz CT molecular complexity index is 527. The highest BCUT2D eigenvalue weighted by molar-refractivity contribution is 5.48. The van der Waals surface area contributed by atoms with Crippen LogP contribution in [-0.4, -0.2) is 11.5 Å². The smallest absolute Gasteiger partial charge is 0.152 e. The largest absolute Gasteiger partial charge is 0.380 e. The van der Waals surface area contributed by atoms with Crippen LogP contribution in [-0.2, 0) is 6.42 Å². The number of hydrogen-bond donors (Lipinski definition) is 1. The summed E-state index contributed by atoms with van der Waals surface area (Å²) >= 11 is 0. The van der Waals surface area contributed by atoms with Gasteiger partial charge in [0, 0.05) is 24.9 Å². The first-order valence-electron chi connectivity index (χ1n) is 5.77. The number of rotatable bonds is 4. The van der Waals surface area contributed by atoms with Gasteiger partial charge in [-0.15, -0.1) is 0 Å². The van der Waals surface area contributed by atoms with Gasteiger partial charge in [-0.25, -0.2) is 8.78 Å². The van der Waals surface area contributed by atoms with Gasteiger partial charge in [0.15, 0.2) is 5.82 Å². The van der Waals surface area contributed by atoms with Crippen LogP contribution in [0.2, 0.25) is 0 Å². The fraction of sp³-hybridized carbons (Fsp3) is 0.214. The minimum atomic E-state index is -0.570. The quantitative estimate of drug-likeness (QED) is 0.897. The topological polar surface area (TPSA) is 24.9 Å². The van der Waals surface area contributed by atoms with Gasteiger partial charge in [0.2, 0.25) is 0 Å². The molecule has 0 radical (unpaired) electrons. The Morgan fingerprint density at radius 1 is 1.17 bits per heavy atom. The van der Waals surface area contributed by atoms with Gasteiger partial charge in [0.05, 0.1) is 0 Å². The monoisotopic (exact) mass is 248 g/mol. The van der Waals surface area contributed by atoms with Gasteiger partial charge in [-0.1, -0.05) is 12.1 Å². The van der Waals surface area contributed by atoms with E-state index in [1.54, 1.807) is 13.1 Å². The van der Waals surface area contributed by atoms with E-state index in [1.165, 1.54) is 12.1 Å². The van der Waals surface area contributed by atoms with Crippen LogP contribution in [0.4, 0.5) is 14.5 Å². The SMILES string of the molecule is Cc1ccc(F)c(NCCc2ccccn2)c1F. The second-order valence-electron chi connectivity index (χ2n) is 4.05. The van der Waals surface area contributed by atoms with Crippen molar-refractivity contribution in [2.24, 2.45) is 0 Å². The molecule has 2 aromatic rings. The van der Waals surface area contributed by atoms with Crippen molar-refractivity contribution in [2.45, 2.75) is 13.3 Å². The van der Waals surface area contributed by atoms with Gasteiger partial charge in [-0.3, -0.25) is 4.98 Å². The minimum absolute atomic E-state index is 0.0640. The summed E-state index contributed by atoms with van der Waals surface area (Å²) in [6.45, 7) is 2.05. The number of benzene rings is 1. The van der Waals surface area contributed by atoms with E-state index < -0.39 is 11.6 Å². The van der Waals surface area contributed by atoms with E-state index in [1.807, 2.05) is 18.2 Å². The maximum Gasteiger partial charge on any atom is 0.152 e. The number of pyridine rings is 1. The van der Waals surface area contributed by atoms with E-state index in [2.05, 4.69) is 10.3 Å². The predicted octanol–water partition coefficient (Wildman–Crippen LogP) is 3.32. The zero-order valence-corrected chi connectivity index (χ0v) is 10.1. The summed E-state index contributed by atoms with van der Waals surface area (Å²) in [5.41, 5.74) is 1.25. The first kappa shape index (κ1) is 12.5. The number of nitrogens with one attached hydrogen (secondary N) is 1. The third kappa shape index (κ3) is 2.83. The summed E-state index contributed by atoms with van der Waals surface area (Å²) in [6.07, 6.45) is 2.32. The van der Waals surface area contributed by atoms with Gasteiger partial charge in [-0.2, -0.15) is 0 Å². The van der Waals surface area contributed by atoms with Crippen molar-refractivity contribution < 1.29 is 8.78 Å². The Balaban J connectivity index is 2.01. The molecule has 0 bridgehead atoms. The second-order valence-corrected chi connectivity index (χ2v) is 4.05. The van der Waals surface area contributed by atoms with E-state index in [-0.39, 0.29) is 5.69 Å². The lowest BCUT2D eigenvalue weighted by molar-refractivity contribution is 0.582. The molecule has 0 saturated carbocycles. The van der Waals surface area contributed by atoms with Crippen molar-refractivity contribution in [1.29, 1.82) is 0 Å². The Morgan fingerprint density at radius 3 is 2.72 bits per heavy atom. The highest BCUT2D eigenvalue weighted by Gasteiger charge is 2.10. The fourth-order valence-corrected chi connectivity index (χ4v) is 1.68. The first-order chi connectivity index (χ1) is 8.68. The van der Waals surface area contributed by atoms with Gasteiger partial charge >= 0.3 is 0 Å². The average molecular weight is 248 g/mol. The van der Waals surface area contributed by atoms with E-state index in [0.717, 1.165) is 5.69 Å². The lowest BCUT2D eigenvalue weighted by Crippen LogP contribution is -2.09. The van der Waals surface area contributed by atoms with E-state index in [0.29, 0.717) is 18.5 Å². The van der Waals surface area contributed by atoms with Crippen LogP contribution in [0.1, 0.15) is 11.3 Å². The Morgan fingerprint density at radius 2 is 2.00 bits per heavy atom. The van der Waals surface area contributed by atoms with Crippen LogP contribution >= 0.6 is 0 Å². The summed E-state index contributed by atoms with van der Waals surface area (Å²) in [4.78, 5) is 4.14. The van der Waals surface area contributed by atoms with Gasteiger partial charge in [0.25, 0.3) is 0 Å². The maximum absolute atomic E-state index is 13.7. The van der Waals surface area contributed by atoms with Crippen LogP contribution < -0.4 is 5.32 Å². The second kappa shape index (κ2) is 5.58. The molecule has 1 aromatic heterocycles. The molecule has 0 spiro atoms. The van der Waals surface area contributed by atoms with Crippen LogP contribution in [0, 0.1) is 18.6 Å². The van der Waals surface area contributed by atoms with Crippen LogP contribution in [0.25, 0.3) is 0 Å². The molecule has 0 unspecified atom stereocenters. The number of aryl methyl sites for hydroxylation is 1. The molecule has 94 valence electrons. The van der Waals surface area contributed by atoms with Gasteiger partial charge < -0.3 is 5.32 Å². The zero-order chi connectivity index (χ0) is 13.0. The summed E-state index contributed by atoms with van der Waals surface area (Å²) in [7, 11) is 0. The molecule has 0 aliphatic rings. The summed E-state index contributed by atoms with van der Waals surface area (Å²) in [6, 6.07) is 8.29. The average Bonchev–Trinajstić information content (AvgIpc) is 2.39. The summed E-state index contributed by atoms with van der Waals surface area (Å²) in [5.74, 6) is -1.10. The molecule has 0 amide bonds. The van der Waals surface area contributed by atoms with E-state index in [4.69, 9.17) is 0 Å². The van der Waals surface area contributed by atoms with Crippen molar-refractivity contribution in [3.63, 3.8) is 0 Å². The lowest BCUT2D eigenvalue weighted by atomic mass is 10.2. The molecule has 2 nitrogen and oxygen atoms in total. The van der Waals surface area contributed by atoms with E-state index in [9.17, 15) is 8.78 Å². The molecular weight excluding hydrogens is 234 g/mol.